The Balaban J connectivity index is 0.00000324. The quantitative estimate of drug-likeness (QED) is 0.407. The van der Waals surface area contributed by atoms with E-state index in [0.29, 0.717) is 5.41 Å². The molecule has 1 aliphatic carbocycles. The molecule has 1 unspecified atom stereocenters. The van der Waals surface area contributed by atoms with E-state index in [2.05, 4.69) is 66.7 Å². The van der Waals surface area contributed by atoms with Crippen LogP contribution in [0.2, 0.25) is 0 Å². The molecule has 0 radical (unpaired) electrons. The van der Waals surface area contributed by atoms with Crippen molar-refractivity contribution in [2.45, 2.75) is 66.2 Å². The molecule has 1 atom stereocenters. The van der Waals surface area contributed by atoms with Gasteiger partial charge in [-0.3, -0.25) is 4.90 Å². The lowest BCUT2D eigenvalue weighted by Gasteiger charge is -2.39. The molecule has 0 N–H and O–H groups in total. The monoisotopic (exact) mass is 489 g/mol. The minimum absolute atomic E-state index is 0. The number of benzene rings is 1. The van der Waals surface area contributed by atoms with Crippen molar-refractivity contribution >= 4 is 29.4 Å². The van der Waals surface area contributed by atoms with Gasteiger partial charge in [0, 0.05) is 56.2 Å². The third-order valence-electron chi connectivity index (χ3n) is 8.13. The SMILES string of the molecule is CCCCCN1CCN(c2ccc(N3CCOCC3)cc2C2=CCC(C(C)(C)C)CC2)CC1.Cl. The van der Waals surface area contributed by atoms with Gasteiger partial charge >= 0.3 is 0 Å². The second kappa shape index (κ2) is 12.6. The summed E-state index contributed by atoms with van der Waals surface area (Å²) in [6.07, 6.45) is 10.3. The molecular weight excluding hydrogens is 442 g/mol. The fourth-order valence-electron chi connectivity index (χ4n) is 5.74. The number of unbranched alkanes of at least 4 members (excludes halogenated alkanes) is 2. The molecule has 1 aromatic carbocycles. The Morgan fingerprint density at radius 1 is 0.941 bits per heavy atom. The fraction of sp³-hybridized carbons (Fsp3) is 0.724. The first-order chi connectivity index (χ1) is 16.0. The zero-order chi connectivity index (χ0) is 23.3. The van der Waals surface area contributed by atoms with E-state index in [1.165, 1.54) is 75.1 Å². The maximum atomic E-state index is 5.61. The van der Waals surface area contributed by atoms with Crippen LogP contribution in [-0.2, 0) is 4.74 Å². The van der Waals surface area contributed by atoms with Crippen LogP contribution in [0.1, 0.15) is 71.8 Å². The highest BCUT2D eigenvalue weighted by Gasteiger charge is 2.28. The van der Waals surface area contributed by atoms with Gasteiger partial charge in [0.2, 0.25) is 0 Å². The van der Waals surface area contributed by atoms with Gasteiger partial charge in [-0.25, -0.2) is 0 Å². The number of rotatable bonds is 7. The molecule has 4 rings (SSSR count). The molecule has 2 heterocycles. The Morgan fingerprint density at radius 3 is 2.29 bits per heavy atom. The van der Waals surface area contributed by atoms with E-state index in [1.807, 2.05) is 0 Å². The van der Waals surface area contributed by atoms with Crippen LogP contribution in [0.3, 0.4) is 0 Å². The average molecular weight is 490 g/mol. The lowest BCUT2D eigenvalue weighted by Crippen LogP contribution is -2.47. The highest BCUT2D eigenvalue weighted by Crippen LogP contribution is 2.42. The predicted octanol–water partition coefficient (Wildman–Crippen LogP) is 6.49. The van der Waals surface area contributed by atoms with Crippen LogP contribution in [0.4, 0.5) is 11.4 Å². The Hall–Kier alpha value is -1.23. The number of nitrogens with zero attached hydrogens (tertiary/aromatic N) is 3. The normalized spacial score (nSPS) is 22.4. The molecular formula is C29H48ClN3O. The van der Waals surface area contributed by atoms with Gasteiger partial charge in [0.1, 0.15) is 0 Å². The van der Waals surface area contributed by atoms with Gasteiger partial charge in [-0.15, -0.1) is 12.4 Å². The van der Waals surface area contributed by atoms with E-state index in [4.69, 9.17) is 4.74 Å². The summed E-state index contributed by atoms with van der Waals surface area (Å²) in [5, 5.41) is 0. The molecule has 34 heavy (non-hydrogen) atoms. The van der Waals surface area contributed by atoms with Gasteiger partial charge in [-0.05, 0) is 67.3 Å². The van der Waals surface area contributed by atoms with Crippen molar-refractivity contribution in [1.29, 1.82) is 0 Å². The maximum Gasteiger partial charge on any atom is 0.0642 e. The summed E-state index contributed by atoms with van der Waals surface area (Å²) in [7, 11) is 0. The molecule has 0 spiro atoms. The molecule has 2 fully saturated rings. The van der Waals surface area contributed by atoms with Gasteiger partial charge in [0.15, 0.2) is 0 Å². The summed E-state index contributed by atoms with van der Waals surface area (Å²) in [6.45, 7) is 19.1. The van der Waals surface area contributed by atoms with Gasteiger partial charge < -0.3 is 14.5 Å². The summed E-state index contributed by atoms with van der Waals surface area (Å²) in [5.41, 5.74) is 6.29. The van der Waals surface area contributed by atoms with Crippen LogP contribution in [0.5, 0.6) is 0 Å². The van der Waals surface area contributed by atoms with Crippen molar-refractivity contribution in [2.24, 2.45) is 11.3 Å². The zero-order valence-electron chi connectivity index (χ0n) is 22.2. The summed E-state index contributed by atoms with van der Waals surface area (Å²) in [4.78, 5) is 7.83. The Labute approximate surface area is 215 Å². The number of anilines is 2. The van der Waals surface area contributed by atoms with Gasteiger partial charge in [0.25, 0.3) is 0 Å². The largest absolute Gasteiger partial charge is 0.378 e. The van der Waals surface area contributed by atoms with Crippen molar-refractivity contribution < 1.29 is 4.74 Å². The van der Waals surface area contributed by atoms with Gasteiger partial charge in [-0.2, -0.15) is 0 Å². The van der Waals surface area contributed by atoms with Crippen molar-refractivity contribution in [2.75, 3.05) is 68.8 Å². The minimum atomic E-state index is 0. The van der Waals surface area contributed by atoms with Crippen molar-refractivity contribution in [1.82, 2.24) is 4.90 Å². The van der Waals surface area contributed by atoms with E-state index in [-0.39, 0.29) is 12.4 Å². The number of ether oxygens (including phenoxy) is 1. The molecule has 192 valence electrons. The Kier molecular flexibility index (Phi) is 10.2. The fourth-order valence-corrected chi connectivity index (χ4v) is 5.74. The number of morpholine rings is 1. The van der Waals surface area contributed by atoms with Crippen molar-refractivity contribution in [3.8, 4) is 0 Å². The lowest BCUT2D eigenvalue weighted by molar-refractivity contribution is 0.122. The van der Waals surface area contributed by atoms with Crippen LogP contribution in [-0.4, -0.2) is 63.9 Å². The Bertz CT molecular complexity index is 789. The maximum absolute atomic E-state index is 5.61. The predicted molar refractivity (Wildman–Crippen MR) is 150 cm³/mol. The average Bonchev–Trinajstić information content (AvgIpc) is 2.84. The highest BCUT2D eigenvalue weighted by molar-refractivity contribution is 5.85. The molecule has 0 saturated carbocycles. The van der Waals surface area contributed by atoms with E-state index < -0.39 is 0 Å². The zero-order valence-corrected chi connectivity index (χ0v) is 23.0. The number of hydrogen-bond donors (Lipinski definition) is 0. The first kappa shape index (κ1) is 27.4. The Morgan fingerprint density at radius 2 is 1.68 bits per heavy atom. The number of allylic oxidation sites excluding steroid dienone is 2. The summed E-state index contributed by atoms with van der Waals surface area (Å²) >= 11 is 0. The molecule has 3 aliphatic rings. The topological polar surface area (TPSA) is 19.0 Å². The molecule has 0 amide bonds. The van der Waals surface area contributed by atoms with E-state index >= 15 is 0 Å². The molecule has 0 bridgehead atoms. The molecule has 1 aromatic rings. The molecule has 2 aliphatic heterocycles. The molecule has 2 saturated heterocycles. The second-order valence-corrected chi connectivity index (χ2v) is 11.4. The highest BCUT2D eigenvalue weighted by atomic mass is 35.5. The van der Waals surface area contributed by atoms with Crippen LogP contribution in [0.15, 0.2) is 24.3 Å². The van der Waals surface area contributed by atoms with Crippen molar-refractivity contribution in [3.05, 3.63) is 29.8 Å². The van der Waals surface area contributed by atoms with E-state index in [0.717, 1.165) is 45.3 Å². The summed E-state index contributed by atoms with van der Waals surface area (Å²) in [6, 6.07) is 7.28. The lowest BCUT2D eigenvalue weighted by atomic mass is 9.72. The molecule has 4 nitrogen and oxygen atoms in total. The van der Waals surface area contributed by atoms with Crippen molar-refractivity contribution in [3.63, 3.8) is 0 Å². The van der Waals surface area contributed by atoms with E-state index in [1.54, 1.807) is 5.57 Å². The summed E-state index contributed by atoms with van der Waals surface area (Å²) < 4.78 is 5.61. The van der Waals surface area contributed by atoms with Gasteiger partial charge in [0.05, 0.1) is 13.2 Å². The second-order valence-electron chi connectivity index (χ2n) is 11.4. The summed E-state index contributed by atoms with van der Waals surface area (Å²) in [5.74, 6) is 0.791. The number of hydrogen-bond acceptors (Lipinski definition) is 4. The molecule has 5 heteroatoms. The number of halogens is 1. The van der Waals surface area contributed by atoms with Gasteiger partial charge in [-0.1, -0.05) is 46.6 Å². The van der Waals surface area contributed by atoms with Crippen LogP contribution >= 0.6 is 12.4 Å². The molecule has 0 aromatic heterocycles. The standard InChI is InChI=1S/C29H47N3O.ClH/c1-5-6-7-14-30-15-17-32(18-16-30)28-13-12-26(31-19-21-33-22-20-31)23-27(28)24-8-10-25(11-9-24)29(2,3)4;/h8,12-13,23,25H,5-7,9-11,14-22H2,1-4H3;1H. The number of piperazine rings is 1. The third-order valence-corrected chi connectivity index (χ3v) is 8.13. The van der Waals surface area contributed by atoms with E-state index in [9.17, 15) is 0 Å². The van der Waals surface area contributed by atoms with Crippen LogP contribution in [0, 0.1) is 11.3 Å². The third kappa shape index (κ3) is 6.92. The first-order valence-corrected chi connectivity index (χ1v) is 13.6. The minimum Gasteiger partial charge on any atom is -0.378 e. The van der Waals surface area contributed by atoms with Crippen LogP contribution in [0.25, 0.3) is 5.57 Å². The first-order valence-electron chi connectivity index (χ1n) is 13.6. The van der Waals surface area contributed by atoms with Crippen LogP contribution < -0.4 is 9.80 Å². The smallest absolute Gasteiger partial charge is 0.0642 e.